The van der Waals surface area contributed by atoms with Crippen molar-refractivity contribution in [3.63, 3.8) is 0 Å². The van der Waals surface area contributed by atoms with E-state index in [-0.39, 0.29) is 11.2 Å². The van der Waals surface area contributed by atoms with Crippen molar-refractivity contribution in [2.24, 2.45) is 0 Å². The molecule has 2 aromatic rings. The average Bonchev–Trinajstić information content (AvgIpc) is 2.35. The van der Waals surface area contributed by atoms with Crippen LogP contribution in [0, 0.1) is 20.2 Å². The number of aromatic nitrogens is 1. The van der Waals surface area contributed by atoms with Gasteiger partial charge >= 0.3 is 0 Å². The highest BCUT2D eigenvalue weighted by atomic mass is 16.6. The van der Waals surface area contributed by atoms with Gasteiger partial charge in [0.05, 0.1) is 9.85 Å². The second-order valence-electron chi connectivity index (χ2n) is 3.43. The van der Waals surface area contributed by atoms with Crippen LogP contribution >= 0.6 is 0 Å². The molecule has 0 aliphatic carbocycles. The minimum atomic E-state index is -0.594. The Bertz CT molecular complexity index is 666. The largest absolute Gasteiger partial charge is 0.295 e. The smallest absolute Gasteiger partial charge is 0.259 e. The number of pyridine rings is 1. The Balaban J connectivity index is 2.67. The van der Waals surface area contributed by atoms with Crippen LogP contribution in [-0.2, 0) is 0 Å². The van der Waals surface area contributed by atoms with Gasteiger partial charge in [0.1, 0.15) is 5.52 Å². The molecule has 0 spiro atoms. The highest BCUT2D eigenvalue weighted by Gasteiger charge is 2.13. The van der Waals surface area contributed by atoms with Crippen molar-refractivity contribution in [2.45, 2.75) is 0 Å². The van der Waals surface area contributed by atoms with E-state index in [0.29, 0.717) is 10.9 Å². The third-order valence-corrected chi connectivity index (χ3v) is 2.36. The molecule has 7 heteroatoms. The van der Waals surface area contributed by atoms with E-state index in [4.69, 9.17) is 0 Å². The van der Waals surface area contributed by atoms with Crippen LogP contribution in [0.2, 0.25) is 0 Å². The number of para-hydroxylation sites is 1. The Labute approximate surface area is 101 Å². The molecule has 2 rings (SSSR count). The lowest BCUT2D eigenvalue weighted by atomic mass is 10.1. The number of nitro benzene ring substituents is 1. The molecule has 0 fully saturated rings. The number of rotatable bonds is 3. The van der Waals surface area contributed by atoms with Crippen LogP contribution in [-0.4, -0.2) is 14.8 Å². The monoisotopic (exact) mass is 245 g/mol. The Morgan fingerprint density at radius 2 is 1.94 bits per heavy atom. The number of hydrogen-bond acceptors (Lipinski definition) is 5. The van der Waals surface area contributed by atoms with E-state index in [0.717, 1.165) is 6.20 Å². The van der Waals surface area contributed by atoms with Crippen LogP contribution in [0.3, 0.4) is 0 Å². The van der Waals surface area contributed by atoms with E-state index in [1.54, 1.807) is 12.1 Å². The van der Waals surface area contributed by atoms with E-state index in [1.807, 2.05) is 0 Å². The molecule has 0 saturated carbocycles. The zero-order chi connectivity index (χ0) is 13.1. The first-order valence-corrected chi connectivity index (χ1v) is 4.93. The summed E-state index contributed by atoms with van der Waals surface area (Å²) in [5, 5.41) is 21.6. The van der Waals surface area contributed by atoms with E-state index >= 15 is 0 Å². The molecule has 0 aliphatic rings. The molecule has 0 bridgehead atoms. The number of non-ortho nitro benzene ring substituents is 1. The standard InChI is InChI=1S/C11H7N3O4/c15-13(16)7-5-8-4-6-12-11-9(8)2-1-3-10(11)14(17)18/h1-7H. The molecule has 1 aromatic heterocycles. The predicted octanol–water partition coefficient (Wildman–Crippen LogP) is 2.39. The first kappa shape index (κ1) is 11.6. The quantitative estimate of drug-likeness (QED) is 0.610. The number of nitrogens with zero attached hydrogens (tertiary/aromatic N) is 3. The van der Waals surface area contributed by atoms with Gasteiger partial charge in [0, 0.05) is 23.7 Å². The molecular formula is C11H7N3O4. The van der Waals surface area contributed by atoms with Crippen LogP contribution < -0.4 is 0 Å². The fraction of sp³-hybridized carbons (Fsp3) is 0. The normalized spacial score (nSPS) is 10.9. The van der Waals surface area contributed by atoms with Gasteiger partial charge in [-0.05, 0) is 11.6 Å². The fourth-order valence-electron chi connectivity index (χ4n) is 1.62. The molecular weight excluding hydrogens is 238 g/mol. The summed E-state index contributed by atoms with van der Waals surface area (Å²) in [6, 6.07) is 6.06. The molecule has 0 N–H and O–H groups in total. The predicted molar refractivity (Wildman–Crippen MR) is 64.4 cm³/mol. The molecule has 0 unspecified atom stereocenters. The highest BCUT2D eigenvalue weighted by molar-refractivity contribution is 5.93. The number of fused-ring (bicyclic) bond motifs is 1. The van der Waals surface area contributed by atoms with Gasteiger partial charge < -0.3 is 0 Å². The third-order valence-electron chi connectivity index (χ3n) is 2.36. The van der Waals surface area contributed by atoms with E-state index in [1.165, 1.54) is 24.4 Å². The van der Waals surface area contributed by atoms with Gasteiger partial charge in [0.25, 0.3) is 5.69 Å². The van der Waals surface area contributed by atoms with E-state index in [2.05, 4.69) is 4.98 Å². The Morgan fingerprint density at radius 3 is 2.61 bits per heavy atom. The Kier molecular flexibility index (Phi) is 2.96. The highest BCUT2D eigenvalue weighted by Crippen LogP contribution is 2.26. The molecule has 90 valence electrons. The van der Waals surface area contributed by atoms with Gasteiger partial charge in [-0.2, -0.15) is 0 Å². The molecule has 0 amide bonds. The number of nitro groups is 2. The molecule has 0 radical (unpaired) electrons. The molecule has 1 aromatic carbocycles. The van der Waals surface area contributed by atoms with Gasteiger partial charge in [-0.3, -0.25) is 20.2 Å². The zero-order valence-electron chi connectivity index (χ0n) is 9.02. The summed E-state index contributed by atoms with van der Waals surface area (Å²) in [7, 11) is 0. The van der Waals surface area contributed by atoms with Crippen molar-refractivity contribution in [1.82, 2.24) is 4.98 Å². The lowest BCUT2D eigenvalue weighted by Crippen LogP contribution is -1.92. The van der Waals surface area contributed by atoms with Gasteiger partial charge in [-0.25, -0.2) is 4.98 Å². The summed E-state index contributed by atoms with van der Waals surface area (Å²) in [6.45, 7) is 0. The van der Waals surface area contributed by atoms with Crippen LogP contribution in [0.4, 0.5) is 5.69 Å². The van der Waals surface area contributed by atoms with Crippen LogP contribution in [0.15, 0.2) is 36.7 Å². The minimum Gasteiger partial charge on any atom is -0.259 e. The van der Waals surface area contributed by atoms with Crippen LogP contribution in [0.1, 0.15) is 5.56 Å². The molecule has 0 saturated heterocycles. The number of benzene rings is 1. The molecule has 0 atom stereocenters. The van der Waals surface area contributed by atoms with Crippen molar-refractivity contribution >= 4 is 22.7 Å². The first-order valence-electron chi connectivity index (χ1n) is 4.93. The zero-order valence-corrected chi connectivity index (χ0v) is 9.02. The van der Waals surface area contributed by atoms with E-state index in [9.17, 15) is 20.2 Å². The van der Waals surface area contributed by atoms with Crippen molar-refractivity contribution in [3.05, 3.63) is 62.5 Å². The molecule has 7 nitrogen and oxygen atoms in total. The molecule has 0 aliphatic heterocycles. The van der Waals surface area contributed by atoms with Crippen molar-refractivity contribution < 1.29 is 9.85 Å². The molecule has 1 heterocycles. The van der Waals surface area contributed by atoms with Gasteiger partial charge in [0.15, 0.2) is 0 Å². The molecule has 18 heavy (non-hydrogen) atoms. The SMILES string of the molecule is O=[N+]([O-])C=Cc1ccnc2c([N+](=O)[O-])cccc12. The maximum absolute atomic E-state index is 10.8. The van der Waals surface area contributed by atoms with Crippen LogP contribution in [0.25, 0.3) is 17.0 Å². The van der Waals surface area contributed by atoms with Crippen LogP contribution in [0.5, 0.6) is 0 Å². The maximum Gasteiger partial charge on any atom is 0.295 e. The lowest BCUT2D eigenvalue weighted by Gasteiger charge is -2.01. The summed E-state index contributed by atoms with van der Waals surface area (Å²) in [4.78, 5) is 23.9. The maximum atomic E-state index is 10.8. The number of hydrogen-bond donors (Lipinski definition) is 0. The van der Waals surface area contributed by atoms with Crippen molar-refractivity contribution in [3.8, 4) is 0 Å². The third kappa shape index (κ3) is 2.14. The van der Waals surface area contributed by atoms with Gasteiger partial charge in [-0.15, -0.1) is 0 Å². The minimum absolute atomic E-state index is 0.121. The Hall–Kier alpha value is -2.83. The topological polar surface area (TPSA) is 99.2 Å². The van der Waals surface area contributed by atoms with Gasteiger partial charge in [0.2, 0.25) is 6.20 Å². The lowest BCUT2D eigenvalue weighted by molar-refractivity contribution is -0.400. The van der Waals surface area contributed by atoms with Crippen molar-refractivity contribution in [2.75, 3.05) is 0 Å². The summed E-state index contributed by atoms with van der Waals surface area (Å²) in [5.41, 5.74) is 0.609. The summed E-state index contributed by atoms with van der Waals surface area (Å²) >= 11 is 0. The summed E-state index contributed by atoms with van der Waals surface area (Å²) in [5.74, 6) is 0. The second-order valence-corrected chi connectivity index (χ2v) is 3.43. The second kappa shape index (κ2) is 4.58. The fourth-order valence-corrected chi connectivity index (χ4v) is 1.62. The first-order chi connectivity index (χ1) is 8.59. The average molecular weight is 245 g/mol. The van der Waals surface area contributed by atoms with Crippen molar-refractivity contribution in [1.29, 1.82) is 0 Å². The summed E-state index contributed by atoms with van der Waals surface area (Å²) in [6.07, 6.45) is 3.45. The Morgan fingerprint density at radius 1 is 1.17 bits per heavy atom. The van der Waals surface area contributed by atoms with Gasteiger partial charge in [-0.1, -0.05) is 12.1 Å². The van der Waals surface area contributed by atoms with E-state index < -0.39 is 9.85 Å². The summed E-state index contributed by atoms with van der Waals surface area (Å²) < 4.78 is 0.